The van der Waals surface area contributed by atoms with E-state index in [0.29, 0.717) is 6.04 Å². The number of benzene rings is 1. The topological polar surface area (TPSA) is 66.0 Å². The standard InChI is InChI=1S/C15H18N4/c1-2-19(10-7-8-10)14-11-5-3-4-6-13(11)18-9-12(14)15(16)17/h3-6,9-10H,2,7-8H2,1H3,(H3,16,17). The van der Waals surface area contributed by atoms with Crippen molar-refractivity contribution < 1.29 is 0 Å². The van der Waals surface area contributed by atoms with Gasteiger partial charge in [-0.25, -0.2) is 0 Å². The number of aromatic nitrogens is 1. The number of rotatable bonds is 4. The second kappa shape index (κ2) is 4.53. The lowest BCUT2D eigenvalue weighted by molar-refractivity contribution is 0.828. The van der Waals surface area contributed by atoms with Crippen LogP contribution >= 0.6 is 0 Å². The van der Waals surface area contributed by atoms with Crippen LogP contribution in [0, 0.1) is 5.41 Å². The van der Waals surface area contributed by atoms with Crippen LogP contribution in [-0.2, 0) is 0 Å². The molecule has 0 amide bonds. The van der Waals surface area contributed by atoms with Gasteiger partial charge in [-0.3, -0.25) is 10.4 Å². The summed E-state index contributed by atoms with van der Waals surface area (Å²) in [6.07, 6.45) is 4.18. The van der Waals surface area contributed by atoms with Gasteiger partial charge in [-0.1, -0.05) is 18.2 Å². The molecular formula is C15H18N4. The molecule has 19 heavy (non-hydrogen) atoms. The highest BCUT2D eigenvalue weighted by Crippen LogP contribution is 2.37. The zero-order valence-electron chi connectivity index (χ0n) is 11.1. The SMILES string of the molecule is CCN(c1c(C(=N)N)cnc2ccccc12)C1CC1. The molecule has 1 fully saturated rings. The summed E-state index contributed by atoms with van der Waals surface area (Å²) in [5.41, 5.74) is 8.51. The van der Waals surface area contributed by atoms with Crippen molar-refractivity contribution in [1.29, 1.82) is 5.41 Å². The van der Waals surface area contributed by atoms with Crippen molar-refractivity contribution in [3.63, 3.8) is 0 Å². The van der Waals surface area contributed by atoms with Crippen LogP contribution < -0.4 is 10.6 Å². The number of amidine groups is 1. The number of hydrogen-bond acceptors (Lipinski definition) is 3. The van der Waals surface area contributed by atoms with Gasteiger partial charge in [0, 0.05) is 24.2 Å². The first-order chi connectivity index (χ1) is 9.22. The second-order valence-corrected chi connectivity index (χ2v) is 4.97. The number of nitrogens with zero attached hydrogens (tertiary/aromatic N) is 2. The Bertz CT molecular complexity index is 631. The largest absolute Gasteiger partial charge is 0.384 e. The molecule has 4 heteroatoms. The van der Waals surface area contributed by atoms with E-state index in [4.69, 9.17) is 11.1 Å². The number of para-hydroxylation sites is 1. The highest BCUT2D eigenvalue weighted by Gasteiger charge is 2.30. The fourth-order valence-electron chi connectivity index (χ4n) is 2.62. The summed E-state index contributed by atoms with van der Waals surface area (Å²) in [6.45, 7) is 3.08. The number of nitrogens with two attached hydrogens (primary N) is 1. The first-order valence-electron chi connectivity index (χ1n) is 6.71. The third-order valence-electron chi connectivity index (χ3n) is 3.65. The summed E-state index contributed by atoms with van der Waals surface area (Å²) < 4.78 is 0. The lowest BCUT2D eigenvalue weighted by Crippen LogP contribution is -2.28. The van der Waals surface area contributed by atoms with Crippen LogP contribution in [0.2, 0.25) is 0 Å². The number of fused-ring (bicyclic) bond motifs is 1. The maximum absolute atomic E-state index is 7.79. The zero-order chi connectivity index (χ0) is 13.4. The summed E-state index contributed by atoms with van der Waals surface area (Å²) >= 11 is 0. The molecule has 0 radical (unpaired) electrons. The van der Waals surface area contributed by atoms with E-state index < -0.39 is 0 Å². The van der Waals surface area contributed by atoms with Gasteiger partial charge in [0.05, 0.1) is 16.8 Å². The Morgan fingerprint density at radius 1 is 1.42 bits per heavy atom. The van der Waals surface area contributed by atoms with E-state index in [0.717, 1.165) is 28.7 Å². The molecule has 1 aromatic carbocycles. The fraction of sp³-hybridized carbons (Fsp3) is 0.333. The summed E-state index contributed by atoms with van der Waals surface area (Å²) in [5, 5.41) is 8.88. The monoisotopic (exact) mass is 254 g/mol. The molecule has 2 aromatic rings. The van der Waals surface area contributed by atoms with Crippen LogP contribution in [0.3, 0.4) is 0 Å². The van der Waals surface area contributed by atoms with Gasteiger partial charge in [0.2, 0.25) is 0 Å². The van der Waals surface area contributed by atoms with Gasteiger partial charge in [0.25, 0.3) is 0 Å². The van der Waals surface area contributed by atoms with Gasteiger partial charge in [0.1, 0.15) is 5.84 Å². The number of hydrogen-bond donors (Lipinski definition) is 2. The molecule has 3 N–H and O–H groups in total. The predicted octanol–water partition coefficient (Wildman–Crippen LogP) is 2.51. The van der Waals surface area contributed by atoms with E-state index in [1.807, 2.05) is 18.2 Å². The molecule has 0 spiro atoms. The van der Waals surface area contributed by atoms with E-state index in [2.05, 4.69) is 22.9 Å². The zero-order valence-corrected chi connectivity index (χ0v) is 11.1. The molecule has 98 valence electrons. The Labute approximate surface area is 112 Å². The van der Waals surface area contributed by atoms with Crippen molar-refractivity contribution in [2.24, 2.45) is 5.73 Å². The Hall–Kier alpha value is -2.10. The fourth-order valence-corrected chi connectivity index (χ4v) is 2.62. The Balaban J connectivity index is 2.27. The van der Waals surface area contributed by atoms with Gasteiger partial charge in [-0.15, -0.1) is 0 Å². The van der Waals surface area contributed by atoms with Gasteiger partial charge in [-0.2, -0.15) is 0 Å². The van der Waals surface area contributed by atoms with Crippen molar-refractivity contribution in [1.82, 2.24) is 4.98 Å². The third kappa shape index (κ3) is 2.03. The number of pyridine rings is 1. The molecule has 1 aliphatic carbocycles. The van der Waals surface area contributed by atoms with Gasteiger partial charge in [0.15, 0.2) is 0 Å². The van der Waals surface area contributed by atoms with Crippen LogP contribution in [-0.4, -0.2) is 23.4 Å². The average Bonchev–Trinajstić information content (AvgIpc) is 3.24. The first-order valence-corrected chi connectivity index (χ1v) is 6.71. The van der Waals surface area contributed by atoms with Crippen LogP contribution in [0.4, 0.5) is 5.69 Å². The highest BCUT2D eigenvalue weighted by atomic mass is 15.2. The van der Waals surface area contributed by atoms with Crippen LogP contribution in [0.25, 0.3) is 10.9 Å². The molecule has 0 unspecified atom stereocenters. The second-order valence-electron chi connectivity index (χ2n) is 4.97. The van der Waals surface area contributed by atoms with Gasteiger partial charge >= 0.3 is 0 Å². The third-order valence-corrected chi connectivity index (χ3v) is 3.65. The Morgan fingerprint density at radius 2 is 2.16 bits per heavy atom. The summed E-state index contributed by atoms with van der Waals surface area (Å²) in [5.74, 6) is 0.0901. The molecule has 0 saturated heterocycles. The maximum atomic E-state index is 7.79. The van der Waals surface area contributed by atoms with Crippen molar-refractivity contribution in [2.75, 3.05) is 11.4 Å². The summed E-state index contributed by atoms with van der Waals surface area (Å²) in [6, 6.07) is 8.66. The molecule has 4 nitrogen and oxygen atoms in total. The molecule has 1 heterocycles. The molecule has 0 atom stereocenters. The van der Waals surface area contributed by atoms with Crippen LogP contribution in [0.1, 0.15) is 25.3 Å². The van der Waals surface area contributed by atoms with Crippen molar-refractivity contribution in [2.45, 2.75) is 25.8 Å². The van der Waals surface area contributed by atoms with E-state index in [-0.39, 0.29) is 5.84 Å². The molecule has 3 rings (SSSR count). The van der Waals surface area contributed by atoms with Gasteiger partial charge < -0.3 is 10.6 Å². The van der Waals surface area contributed by atoms with E-state index in [1.165, 1.54) is 12.8 Å². The number of nitrogen functional groups attached to an aromatic ring is 1. The Kier molecular flexibility index (Phi) is 2.85. The normalized spacial score (nSPS) is 14.6. The minimum Gasteiger partial charge on any atom is -0.384 e. The molecule has 0 bridgehead atoms. The minimum absolute atomic E-state index is 0.0901. The highest BCUT2D eigenvalue weighted by molar-refractivity contribution is 6.07. The average molecular weight is 254 g/mol. The number of anilines is 1. The summed E-state index contributed by atoms with van der Waals surface area (Å²) in [7, 11) is 0. The van der Waals surface area contributed by atoms with E-state index in [9.17, 15) is 0 Å². The minimum atomic E-state index is 0.0901. The van der Waals surface area contributed by atoms with Crippen molar-refractivity contribution >= 4 is 22.4 Å². The van der Waals surface area contributed by atoms with Crippen molar-refractivity contribution in [3.05, 3.63) is 36.0 Å². The summed E-state index contributed by atoms with van der Waals surface area (Å²) in [4.78, 5) is 6.77. The van der Waals surface area contributed by atoms with Gasteiger partial charge in [-0.05, 0) is 25.8 Å². The molecule has 0 aliphatic heterocycles. The predicted molar refractivity (Wildman–Crippen MR) is 78.8 cm³/mol. The smallest absolute Gasteiger partial charge is 0.126 e. The quantitative estimate of drug-likeness (QED) is 0.650. The molecular weight excluding hydrogens is 236 g/mol. The molecule has 1 aromatic heterocycles. The van der Waals surface area contributed by atoms with E-state index >= 15 is 0 Å². The first kappa shape index (κ1) is 12.0. The molecule has 1 saturated carbocycles. The molecule has 1 aliphatic rings. The van der Waals surface area contributed by atoms with Crippen LogP contribution in [0.5, 0.6) is 0 Å². The Morgan fingerprint density at radius 3 is 2.79 bits per heavy atom. The lowest BCUT2D eigenvalue weighted by Gasteiger charge is -2.26. The van der Waals surface area contributed by atoms with Crippen LogP contribution in [0.15, 0.2) is 30.5 Å². The number of nitrogens with one attached hydrogen (secondary N) is 1. The van der Waals surface area contributed by atoms with E-state index in [1.54, 1.807) is 6.20 Å². The van der Waals surface area contributed by atoms with Crippen molar-refractivity contribution in [3.8, 4) is 0 Å². The lowest BCUT2D eigenvalue weighted by atomic mass is 10.1. The maximum Gasteiger partial charge on any atom is 0.126 e.